The molecule has 1 aliphatic rings. The molecule has 1 aliphatic heterocycles. The van der Waals surface area contributed by atoms with E-state index in [0.717, 1.165) is 53.8 Å². The molecule has 1 nitrogen and oxygen atoms in total. The molecule has 24 heavy (non-hydrogen) atoms. The van der Waals surface area contributed by atoms with Gasteiger partial charge >= 0.3 is 0 Å². The van der Waals surface area contributed by atoms with Crippen LogP contribution in [0.4, 0.5) is 10.1 Å². The summed E-state index contributed by atoms with van der Waals surface area (Å²) < 4.78 is 14.3. The molecule has 2 rings (SSSR count). The highest BCUT2D eigenvalue weighted by molar-refractivity contribution is 6.32. The molecule has 0 aliphatic carbocycles. The van der Waals surface area contributed by atoms with Crippen LogP contribution in [0.15, 0.2) is 65.4 Å². The van der Waals surface area contributed by atoms with E-state index >= 15 is 0 Å². The molecular weight excluding hydrogens is 321 g/mol. The first-order valence-corrected chi connectivity index (χ1v) is 8.87. The van der Waals surface area contributed by atoms with Crippen LogP contribution < -0.4 is 4.90 Å². The molecule has 128 valence electrons. The maximum atomic E-state index is 14.3. The standard InChI is InChI=1S/C21H25ClFN/c1-5-7-8-10-19-16(4)24(14-20(19)15(3)22)18-12-11-17(9-6-2)21(23)13-18/h8,10-13H,3-7,9,14H2,1-2H3/b10-8-. The Morgan fingerprint density at radius 2 is 2.08 bits per heavy atom. The van der Waals surface area contributed by atoms with Gasteiger partial charge in [0.05, 0.1) is 6.54 Å². The van der Waals surface area contributed by atoms with Gasteiger partial charge < -0.3 is 4.90 Å². The lowest BCUT2D eigenvalue weighted by molar-refractivity contribution is 0.607. The van der Waals surface area contributed by atoms with Crippen molar-refractivity contribution in [3.05, 3.63) is 76.8 Å². The van der Waals surface area contributed by atoms with Gasteiger partial charge in [-0.05, 0) is 36.1 Å². The van der Waals surface area contributed by atoms with Crippen LogP contribution in [0.1, 0.15) is 38.7 Å². The summed E-state index contributed by atoms with van der Waals surface area (Å²) in [7, 11) is 0. The number of benzene rings is 1. The number of unbranched alkanes of at least 4 members (excludes halogenated alkanes) is 1. The first-order chi connectivity index (χ1) is 11.5. The minimum atomic E-state index is -0.164. The predicted octanol–water partition coefficient (Wildman–Crippen LogP) is 6.52. The van der Waals surface area contributed by atoms with E-state index in [-0.39, 0.29) is 5.82 Å². The second kappa shape index (κ2) is 8.34. The van der Waals surface area contributed by atoms with E-state index in [9.17, 15) is 4.39 Å². The van der Waals surface area contributed by atoms with Crippen molar-refractivity contribution in [3.63, 3.8) is 0 Å². The van der Waals surface area contributed by atoms with Crippen LogP contribution in [0, 0.1) is 5.82 Å². The van der Waals surface area contributed by atoms with Gasteiger partial charge in [-0.2, -0.15) is 0 Å². The molecule has 0 N–H and O–H groups in total. The van der Waals surface area contributed by atoms with Gasteiger partial charge in [0.1, 0.15) is 5.82 Å². The lowest BCUT2D eigenvalue weighted by Crippen LogP contribution is -2.18. The van der Waals surface area contributed by atoms with E-state index in [1.807, 2.05) is 24.0 Å². The fourth-order valence-electron chi connectivity index (χ4n) is 2.88. The predicted molar refractivity (Wildman–Crippen MR) is 103 cm³/mol. The maximum Gasteiger partial charge on any atom is 0.128 e. The minimum absolute atomic E-state index is 0.164. The molecule has 0 saturated carbocycles. The van der Waals surface area contributed by atoms with Crippen LogP contribution in [0.5, 0.6) is 0 Å². The molecule has 1 aromatic carbocycles. The second-order valence-corrected chi connectivity index (χ2v) is 6.50. The van der Waals surface area contributed by atoms with Crippen molar-refractivity contribution < 1.29 is 4.39 Å². The molecule has 0 bridgehead atoms. The third-order valence-corrected chi connectivity index (χ3v) is 4.44. The minimum Gasteiger partial charge on any atom is -0.337 e. The summed E-state index contributed by atoms with van der Waals surface area (Å²) in [6, 6.07) is 5.40. The molecule has 3 heteroatoms. The molecule has 1 aromatic rings. The number of halogens is 2. The lowest BCUT2D eigenvalue weighted by Gasteiger charge is -2.21. The average molecular weight is 346 g/mol. The Balaban J connectivity index is 2.30. The topological polar surface area (TPSA) is 3.24 Å². The first-order valence-electron chi connectivity index (χ1n) is 8.49. The number of nitrogens with zero attached hydrogens (tertiary/aromatic N) is 1. The summed E-state index contributed by atoms with van der Waals surface area (Å²) in [5.41, 5.74) is 4.33. The summed E-state index contributed by atoms with van der Waals surface area (Å²) in [6.45, 7) is 12.8. The van der Waals surface area contributed by atoms with Gasteiger partial charge in [-0.3, -0.25) is 0 Å². The van der Waals surface area contributed by atoms with Gasteiger partial charge in [0.25, 0.3) is 0 Å². The third-order valence-electron chi connectivity index (χ3n) is 4.21. The molecule has 0 spiro atoms. The van der Waals surface area contributed by atoms with Crippen molar-refractivity contribution >= 4 is 17.3 Å². The van der Waals surface area contributed by atoms with E-state index in [0.29, 0.717) is 11.6 Å². The molecule has 0 amide bonds. The Bertz CT molecular complexity index is 700. The Kier molecular flexibility index (Phi) is 6.44. The van der Waals surface area contributed by atoms with E-state index in [1.165, 1.54) is 0 Å². The van der Waals surface area contributed by atoms with Crippen LogP contribution in [0.25, 0.3) is 0 Å². The SMILES string of the molecule is C=C(Cl)C1=C(/C=C\CCC)C(=C)N(c2ccc(CCC)c(F)c2)C1. The normalized spacial score (nSPS) is 15.0. The molecule has 0 radical (unpaired) electrons. The van der Waals surface area contributed by atoms with E-state index in [4.69, 9.17) is 11.6 Å². The van der Waals surface area contributed by atoms with Crippen molar-refractivity contribution in [3.8, 4) is 0 Å². The fraction of sp³-hybridized carbons (Fsp3) is 0.333. The van der Waals surface area contributed by atoms with Crippen LogP contribution in [-0.4, -0.2) is 6.54 Å². The second-order valence-electron chi connectivity index (χ2n) is 6.05. The van der Waals surface area contributed by atoms with Gasteiger partial charge in [-0.15, -0.1) is 0 Å². The van der Waals surface area contributed by atoms with Gasteiger partial charge in [0.2, 0.25) is 0 Å². The number of allylic oxidation sites excluding steroid dienone is 2. The Hall–Kier alpha value is -1.80. The molecule has 0 fully saturated rings. The molecule has 0 atom stereocenters. The Morgan fingerprint density at radius 3 is 2.67 bits per heavy atom. The Morgan fingerprint density at radius 1 is 1.33 bits per heavy atom. The number of hydrogen-bond acceptors (Lipinski definition) is 1. The lowest BCUT2D eigenvalue weighted by atomic mass is 10.1. The molecule has 1 heterocycles. The van der Waals surface area contributed by atoms with E-state index in [1.54, 1.807) is 6.07 Å². The van der Waals surface area contributed by atoms with Crippen LogP contribution in [0.2, 0.25) is 0 Å². The van der Waals surface area contributed by atoms with Crippen molar-refractivity contribution in [2.45, 2.75) is 39.5 Å². The zero-order valence-corrected chi connectivity index (χ0v) is 15.3. The summed E-state index contributed by atoms with van der Waals surface area (Å²) in [4.78, 5) is 1.99. The van der Waals surface area contributed by atoms with Gasteiger partial charge in [-0.1, -0.05) is 69.7 Å². The summed E-state index contributed by atoms with van der Waals surface area (Å²) in [5.74, 6) is -0.164. The van der Waals surface area contributed by atoms with Gasteiger partial charge in [0, 0.05) is 22.0 Å². The average Bonchev–Trinajstić information content (AvgIpc) is 2.87. The van der Waals surface area contributed by atoms with Crippen LogP contribution in [-0.2, 0) is 6.42 Å². The van der Waals surface area contributed by atoms with Crippen LogP contribution >= 0.6 is 11.6 Å². The van der Waals surface area contributed by atoms with Crippen molar-refractivity contribution in [2.24, 2.45) is 0 Å². The molecular formula is C21H25ClFN. The largest absolute Gasteiger partial charge is 0.337 e. The van der Waals surface area contributed by atoms with E-state index in [2.05, 4.69) is 32.2 Å². The van der Waals surface area contributed by atoms with Gasteiger partial charge in [-0.25, -0.2) is 4.39 Å². The molecule has 0 unspecified atom stereocenters. The zero-order valence-electron chi connectivity index (χ0n) is 14.5. The highest BCUT2D eigenvalue weighted by Crippen LogP contribution is 2.37. The summed E-state index contributed by atoms with van der Waals surface area (Å²) >= 11 is 6.18. The summed E-state index contributed by atoms with van der Waals surface area (Å²) in [6.07, 6.45) is 7.93. The number of hydrogen-bond donors (Lipinski definition) is 0. The first kappa shape index (κ1) is 18.5. The van der Waals surface area contributed by atoms with Gasteiger partial charge in [0.15, 0.2) is 0 Å². The zero-order chi connectivity index (χ0) is 17.7. The smallest absolute Gasteiger partial charge is 0.128 e. The number of rotatable bonds is 7. The summed E-state index contributed by atoms with van der Waals surface area (Å²) in [5, 5.41) is 0.512. The van der Waals surface area contributed by atoms with Crippen molar-refractivity contribution in [1.82, 2.24) is 0 Å². The molecule has 0 saturated heterocycles. The van der Waals surface area contributed by atoms with Crippen molar-refractivity contribution in [2.75, 3.05) is 11.4 Å². The third kappa shape index (κ3) is 3.99. The van der Waals surface area contributed by atoms with Crippen LogP contribution in [0.3, 0.4) is 0 Å². The Labute approximate surface area is 149 Å². The number of anilines is 1. The monoisotopic (exact) mass is 345 g/mol. The maximum absolute atomic E-state index is 14.3. The highest BCUT2D eigenvalue weighted by atomic mass is 35.5. The molecule has 0 aromatic heterocycles. The fourth-order valence-corrected chi connectivity index (χ4v) is 3.04. The van der Waals surface area contributed by atoms with E-state index < -0.39 is 0 Å². The van der Waals surface area contributed by atoms with Crippen molar-refractivity contribution in [1.29, 1.82) is 0 Å². The highest BCUT2D eigenvalue weighted by Gasteiger charge is 2.26. The number of aryl methyl sites for hydroxylation is 1. The quantitative estimate of drug-likeness (QED) is 0.544.